The number of carbonyl (C=O) groups excluding carboxylic acids is 1. The van der Waals surface area contributed by atoms with Crippen LogP contribution in [0.3, 0.4) is 0 Å². The summed E-state index contributed by atoms with van der Waals surface area (Å²) in [5.41, 5.74) is -0.387. The fourth-order valence-corrected chi connectivity index (χ4v) is 2.89. The second kappa shape index (κ2) is 6.02. The first-order chi connectivity index (χ1) is 9.09. The maximum atomic E-state index is 12.6. The number of carboxylic acids is 1. The van der Waals surface area contributed by atoms with Crippen LogP contribution in [-0.2, 0) is 4.79 Å². The van der Waals surface area contributed by atoms with Crippen LogP contribution in [0.1, 0.15) is 47.5 Å². The Hall–Kier alpha value is -1.26. The zero-order valence-electron chi connectivity index (χ0n) is 13.5. The predicted molar refractivity (Wildman–Crippen MR) is 78.6 cm³/mol. The minimum absolute atomic E-state index is 0.0852. The molecule has 0 spiro atoms. The number of carbonyl (C=O) groups is 2. The molecule has 116 valence electrons. The largest absolute Gasteiger partial charge is 0.480 e. The normalized spacial score (nSPS) is 23.6. The maximum Gasteiger partial charge on any atom is 0.327 e. The minimum atomic E-state index is -0.909. The molecule has 0 aromatic rings. The summed E-state index contributed by atoms with van der Waals surface area (Å²) in [7, 11) is 1.76. The lowest BCUT2D eigenvalue weighted by atomic mass is 9.76. The summed E-state index contributed by atoms with van der Waals surface area (Å²) in [4.78, 5) is 27.4. The van der Waals surface area contributed by atoms with Crippen LogP contribution in [0.4, 0.5) is 4.79 Å². The molecule has 1 aliphatic heterocycles. The molecule has 2 amide bonds. The lowest BCUT2D eigenvalue weighted by molar-refractivity contribution is -0.148. The lowest BCUT2D eigenvalue weighted by Gasteiger charge is -2.46. The van der Waals surface area contributed by atoms with Crippen molar-refractivity contribution in [3.05, 3.63) is 0 Å². The van der Waals surface area contributed by atoms with Gasteiger partial charge in [-0.15, -0.1) is 0 Å². The molecule has 1 aliphatic rings. The van der Waals surface area contributed by atoms with E-state index in [0.29, 0.717) is 12.5 Å². The predicted octanol–water partition coefficient (Wildman–Crippen LogP) is 2.66. The Bertz CT molecular complexity index is 379. The van der Waals surface area contributed by atoms with Gasteiger partial charge < -0.3 is 14.9 Å². The number of urea groups is 1. The smallest absolute Gasteiger partial charge is 0.327 e. The quantitative estimate of drug-likeness (QED) is 0.866. The summed E-state index contributed by atoms with van der Waals surface area (Å²) in [6.45, 7) is 10.5. The highest BCUT2D eigenvalue weighted by Crippen LogP contribution is 2.36. The average molecular weight is 284 g/mol. The van der Waals surface area contributed by atoms with Crippen molar-refractivity contribution in [3.8, 4) is 0 Å². The zero-order valence-corrected chi connectivity index (χ0v) is 13.5. The summed E-state index contributed by atoms with van der Waals surface area (Å²) < 4.78 is 0. The molecule has 5 nitrogen and oxygen atoms in total. The molecule has 0 saturated carbocycles. The van der Waals surface area contributed by atoms with Crippen molar-refractivity contribution < 1.29 is 14.7 Å². The van der Waals surface area contributed by atoms with Crippen molar-refractivity contribution in [1.82, 2.24) is 9.80 Å². The SMILES string of the molecule is CC(C)C(C)N(C)C(=O)N1CCCC(C)(C)C1C(=O)O. The van der Waals surface area contributed by atoms with E-state index in [1.54, 1.807) is 11.9 Å². The minimum Gasteiger partial charge on any atom is -0.480 e. The Morgan fingerprint density at radius 3 is 2.30 bits per heavy atom. The molecule has 0 aromatic heterocycles. The number of carboxylic acid groups (broad SMARTS) is 1. The molecule has 5 heteroatoms. The third-order valence-electron chi connectivity index (χ3n) is 4.63. The molecular formula is C15H28N2O3. The Morgan fingerprint density at radius 2 is 1.85 bits per heavy atom. The summed E-state index contributed by atoms with van der Waals surface area (Å²) in [5.74, 6) is -0.571. The van der Waals surface area contributed by atoms with E-state index in [2.05, 4.69) is 13.8 Å². The van der Waals surface area contributed by atoms with Gasteiger partial charge >= 0.3 is 12.0 Å². The van der Waals surface area contributed by atoms with Gasteiger partial charge in [0.2, 0.25) is 0 Å². The number of hydrogen-bond donors (Lipinski definition) is 1. The van der Waals surface area contributed by atoms with Crippen molar-refractivity contribution in [3.63, 3.8) is 0 Å². The van der Waals surface area contributed by atoms with E-state index >= 15 is 0 Å². The first kappa shape index (κ1) is 16.8. The molecule has 1 saturated heterocycles. The molecule has 20 heavy (non-hydrogen) atoms. The van der Waals surface area contributed by atoms with Crippen molar-refractivity contribution in [2.75, 3.05) is 13.6 Å². The van der Waals surface area contributed by atoms with Crippen molar-refractivity contribution >= 4 is 12.0 Å². The van der Waals surface area contributed by atoms with Crippen molar-refractivity contribution in [2.45, 2.75) is 59.5 Å². The van der Waals surface area contributed by atoms with Gasteiger partial charge in [-0.3, -0.25) is 0 Å². The summed E-state index contributed by atoms with van der Waals surface area (Å²) >= 11 is 0. The van der Waals surface area contributed by atoms with Gasteiger partial charge in [-0.1, -0.05) is 27.7 Å². The van der Waals surface area contributed by atoms with E-state index in [-0.39, 0.29) is 17.5 Å². The number of likely N-dealkylation sites (tertiary alicyclic amines) is 1. The third-order valence-corrected chi connectivity index (χ3v) is 4.63. The maximum absolute atomic E-state index is 12.6. The molecule has 0 radical (unpaired) electrons. The molecule has 1 heterocycles. The van der Waals surface area contributed by atoms with Gasteiger partial charge in [0.1, 0.15) is 6.04 Å². The van der Waals surface area contributed by atoms with Crippen LogP contribution in [0.5, 0.6) is 0 Å². The van der Waals surface area contributed by atoms with Crippen molar-refractivity contribution in [1.29, 1.82) is 0 Å². The number of piperidine rings is 1. The topological polar surface area (TPSA) is 60.9 Å². The van der Waals surface area contributed by atoms with E-state index in [1.165, 1.54) is 4.90 Å². The first-order valence-electron chi connectivity index (χ1n) is 7.36. The fraction of sp³-hybridized carbons (Fsp3) is 0.867. The summed E-state index contributed by atoms with van der Waals surface area (Å²) in [5, 5.41) is 9.51. The first-order valence-corrected chi connectivity index (χ1v) is 7.36. The van der Waals surface area contributed by atoms with Gasteiger partial charge in [0.05, 0.1) is 0 Å². The highest BCUT2D eigenvalue weighted by Gasteiger charge is 2.45. The monoisotopic (exact) mass is 284 g/mol. The van der Waals surface area contributed by atoms with E-state index in [4.69, 9.17) is 0 Å². The van der Waals surface area contributed by atoms with E-state index in [9.17, 15) is 14.7 Å². The van der Waals surface area contributed by atoms with Crippen LogP contribution >= 0.6 is 0 Å². The Labute approximate surface area is 121 Å². The molecule has 2 atom stereocenters. The zero-order chi connectivity index (χ0) is 15.7. The van der Waals surface area contributed by atoms with Gasteiger partial charge in [-0.2, -0.15) is 0 Å². The standard InChI is InChI=1S/C15H28N2O3/c1-10(2)11(3)16(6)14(20)17-9-7-8-15(4,5)12(17)13(18)19/h10-12H,7-9H2,1-6H3,(H,18,19). The van der Waals surface area contributed by atoms with Crippen LogP contribution < -0.4 is 0 Å². The number of aliphatic carboxylic acids is 1. The van der Waals surface area contributed by atoms with Crippen LogP contribution in [-0.4, -0.2) is 52.6 Å². The van der Waals surface area contributed by atoms with E-state index in [1.807, 2.05) is 20.8 Å². The molecule has 2 unspecified atom stereocenters. The van der Waals surface area contributed by atoms with Crippen LogP contribution in [0.15, 0.2) is 0 Å². The Kier molecular flexibility index (Phi) is 5.05. The van der Waals surface area contributed by atoms with Crippen molar-refractivity contribution in [2.24, 2.45) is 11.3 Å². The average Bonchev–Trinajstić information content (AvgIpc) is 2.33. The molecule has 0 bridgehead atoms. The van der Waals surface area contributed by atoms with Gasteiger partial charge in [0, 0.05) is 19.6 Å². The van der Waals surface area contributed by atoms with E-state index < -0.39 is 12.0 Å². The molecular weight excluding hydrogens is 256 g/mol. The van der Waals surface area contributed by atoms with Gasteiger partial charge in [0.15, 0.2) is 0 Å². The number of rotatable bonds is 3. The number of amides is 2. The highest BCUT2D eigenvalue weighted by atomic mass is 16.4. The Morgan fingerprint density at radius 1 is 1.30 bits per heavy atom. The van der Waals surface area contributed by atoms with Gasteiger partial charge in [-0.05, 0) is 31.1 Å². The Balaban J connectivity index is 2.97. The third kappa shape index (κ3) is 3.25. The second-order valence-corrected chi connectivity index (χ2v) is 6.90. The van der Waals surface area contributed by atoms with Gasteiger partial charge in [0.25, 0.3) is 0 Å². The lowest BCUT2D eigenvalue weighted by Crippen LogP contribution is -2.60. The fourth-order valence-electron chi connectivity index (χ4n) is 2.89. The van der Waals surface area contributed by atoms with Crippen LogP contribution in [0.2, 0.25) is 0 Å². The molecule has 1 rings (SSSR count). The molecule has 0 aromatic carbocycles. The van der Waals surface area contributed by atoms with Crippen LogP contribution in [0, 0.1) is 11.3 Å². The number of hydrogen-bond acceptors (Lipinski definition) is 2. The second-order valence-electron chi connectivity index (χ2n) is 6.90. The van der Waals surface area contributed by atoms with Crippen LogP contribution in [0.25, 0.3) is 0 Å². The van der Waals surface area contributed by atoms with E-state index in [0.717, 1.165) is 12.8 Å². The molecule has 1 N–H and O–H groups in total. The molecule has 1 fully saturated rings. The highest BCUT2D eigenvalue weighted by molar-refractivity contribution is 5.83. The number of nitrogens with zero attached hydrogens (tertiary/aromatic N) is 2. The summed E-state index contributed by atoms with van der Waals surface area (Å²) in [6.07, 6.45) is 1.68. The van der Waals surface area contributed by atoms with Gasteiger partial charge in [-0.25, -0.2) is 9.59 Å². The summed E-state index contributed by atoms with van der Waals surface area (Å²) in [6, 6.07) is -0.834. The molecule has 0 aliphatic carbocycles.